The number of carbonyl (C=O) groups excluding carboxylic acids is 2. The zero-order chi connectivity index (χ0) is 14.9. The van der Waals surface area contributed by atoms with Gasteiger partial charge in [-0.2, -0.15) is 4.79 Å². The number of hydrogen-bond acceptors (Lipinski definition) is 5. The first-order chi connectivity index (χ1) is 8.87. The zero-order valence-corrected chi connectivity index (χ0v) is 11.5. The molecule has 0 aromatic rings. The molecule has 0 saturated carbocycles. The summed E-state index contributed by atoms with van der Waals surface area (Å²) in [5.41, 5.74) is 7.85. The van der Waals surface area contributed by atoms with Crippen LogP contribution in [-0.2, 0) is 24.2 Å². The van der Waals surface area contributed by atoms with Gasteiger partial charge in [-0.05, 0) is 13.3 Å². The molecule has 0 aromatic carbocycles. The molecule has 0 bridgehead atoms. The Morgan fingerprint density at radius 3 is 2.53 bits per heavy atom. The lowest BCUT2D eigenvalue weighted by molar-refractivity contribution is -0.141. The van der Waals surface area contributed by atoms with Gasteiger partial charge in [-0.15, -0.1) is 6.58 Å². The molecule has 7 nitrogen and oxygen atoms in total. The number of nitrogens with zero attached hydrogens (tertiary/aromatic N) is 2. The molecule has 0 amide bonds. The monoisotopic (exact) mass is 288 g/mol. The van der Waals surface area contributed by atoms with Gasteiger partial charge in [0, 0.05) is 6.42 Å². The number of ether oxygens (including phenoxy) is 1. The van der Waals surface area contributed by atoms with E-state index < -0.39 is 27.3 Å². The Morgan fingerprint density at radius 2 is 2.05 bits per heavy atom. The number of Topliss-reactive ketones (excluding diaryl/α,β-unsaturated/α-hetero) is 1. The minimum absolute atomic E-state index is 0.0352. The summed E-state index contributed by atoms with van der Waals surface area (Å²) in [7, 11) is -3.28. The summed E-state index contributed by atoms with van der Waals surface area (Å²) in [6.07, 6.45) is 1.08. The summed E-state index contributed by atoms with van der Waals surface area (Å²) in [6, 6.07) is 0. The molecule has 0 radical (unpaired) electrons. The standard InChI is InChI=1S/C11H16N2O5S/c1-3-7-19(16,17)8-5-6-9(14)10(13-12)11(15)18-4-2/h3H,1,4-8H2,2H3. The molecule has 8 heteroatoms. The third-order valence-electron chi connectivity index (χ3n) is 2.06. The average Bonchev–Trinajstić information content (AvgIpc) is 2.29. The van der Waals surface area contributed by atoms with Gasteiger partial charge in [0.05, 0.1) is 18.1 Å². The van der Waals surface area contributed by atoms with Gasteiger partial charge in [-0.25, -0.2) is 13.2 Å². The van der Waals surface area contributed by atoms with E-state index in [1.807, 2.05) is 0 Å². The number of sulfone groups is 1. The lowest BCUT2D eigenvalue weighted by atomic mass is 10.1. The van der Waals surface area contributed by atoms with Crippen LogP contribution in [0.5, 0.6) is 0 Å². The Hall–Kier alpha value is -1.79. The van der Waals surface area contributed by atoms with E-state index in [-0.39, 0.29) is 31.0 Å². The van der Waals surface area contributed by atoms with Crippen molar-refractivity contribution >= 4 is 27.3 Å². The van der Waals surface area contributed by atoms with Crippen LogP contribution in [0.25, 0.3) is 5.53 Å². The highest BCUT2D eigenvalue weighted by atomic mass is 32.2. The highest BCUT2D eigenvalue weighted by Crippen LogP contribution is 2.00. The van der Waals surface area contributed by atoms with E-state index in [1.165, 1.54) is 6.08 Å². The topological polar surface area (TPSA) is 114 Å². The van der Waals surface area contributed by atoms with E-state index in [0.29, 0.717) is 0 Å². The molecule has 0 aliphatic heterocycles. The Bertz CT molecular complexity index is 503. The highest BCUT2D eigenvalue weighted by molar-refractivity contribution is 7.91. The molecule has 0 rings (SSSR count). The minimum atomic E-state index is -3.28. The summed E-state index contributed by atoms with van der Waals surface area (Å²) >= 11 is 0. The van der Waals surface area contributed by atoms with E-state index in [2.05, 4.69) is 16.1 Å². The number of carbonyl (C=O) groups is 2. The molecule has 0 aliphatic rings. The molecular formula is C11H16N2O5S. The highest BCUT2D eigenvalue weighted by Gasteiger charge is 2.30. The van der Waals surface area contributed by atoms with Crippen molar-refractivity contribution in [3.05, 3.63) is 18.2 Å². The molecular weight excluding hydrogens is 272 g/mol. The van der Waals surface area contributed by atoms with Crippen molar-refractivity contribution in [1.82, 2.24) is 0 Å². The number of rotatable bonds is 9. The van der Waals surface area contributed by atoms with Gasteiger partial charge in [0.25, 0.3) is 5.78 Å². The summed E-state index contributed by atoms with van der Waals surface area (Å²) in [5, 5.41) is 0. The Balaban J connectivity index is 4.43. The van der Waals surface area contributed by atoms with Crippen LogP contribution >= 0.6 is 0 Å². The lowest BCUT2D eigenvalue weighted by Gasteiger charge is -2.00. The molecule has 0 saturated heterocycles. The van der Waals surface area contributed by atoms with Gasteiger partial charge < -0.3 is 10.3 Å². The summed E-state index contributed by atoms with van der Waals surface area (Å²) < 4.78 is 27.2. The van der Waals surface area contributed by atoms with Crippen LogP contribution in [0, 0.1) is 0 Å². The first kappa shape index (κ1) is 17.2. The summed E-state index contributed by atoms with van der Waals surface area (Å²) in [6.45, 7) is 4.90. The molecule has 0 aromatic heterocycles. The van der Waals surface area contributed by atoms with Crippen LogP contribution in [0.15, 0.2) is 12.7 Å². The third-order valence-corrected chi connectivity index (χ3v) is 3.72. The SMILES string of the molecule is C=CCS(=O)(=O)CCCC(=O)C(=[N+]=[N-])C(=O)OCC. The average molecular weight is 288 g/mol. The van der Waals surface area contributed by atoms with E-state index in [4.69, 9.17) is 5.53 Å². The van der Waals surface area contributed by atoms with Crippen LogP contribution in [0.3, 0.4) is 0 Å². The van der Waals surface area contributed by atoms with Gasteiger partial charge in [0.15, 0.2) is 9.84 Å². The van der Waals surface area contributed by atoms with Crippen molar-refractivity contribution in [2.45, 2.75) is 19.8 Å². The van der Waals surface area contributed by atoms with Crippen molar-refractivity contribution in [1.29, 1.82) is 0 Å². The molecule has 19 heavy (non-hydrogen) atoms. The van der Waals surface area contributed by atoms with Crippen molar-refractivity contribution in [3.8, 4) is 0 Å². The number of hydrogen-bond donors (Lipinski definition) is 0. The predicted molar refractivity (Wildman–Crippen MR) is 68.4 cm³/mol. The quantitative estimate of drug-likeness (QED) is 0.150. The largest absolute Gasteiger partial charge is 0.457 e. The van der Waals surface area contributed by atoms with Crippen molar-refractivity contribution in [2.75, 3.05) is 18.1 Å². The predicted octanol–water partition coefficient (Wildman–Crippen LogP) is 0.170. The number of ketones is 1. The van der Waals surface area contributed by atoms with Crippen LogP contribution < -0.4 is 0 Å². The maximum absolute atomic E-state index is 11.5. The van der Waals surface area contributed by atoms with Crippen molar-refractivity contribution in [3.63, 3.8) is 0 Å². The Kier molecular flexibility index (Phi) is 7.55. The van der Waals surface area contributed by atoms with Crippen molar-refractivity contribution < 1.29 is 27.5 Å². The molecule has 0 unspecified atom stereocenters. The van der Waals surface area contributed by atoms with Gasteiger partial charge in [0.1, 0.15) is 0 Å². The minimum Gasteiger partial charge on any atom is -0.457 e. The van der Waals surface area contributed by atoms with Crippen LogP contribution in [0.4, 0.5) is 0 Å². The van der Waals surface area contributed by atoms with Crippen molar-refractivity contribution in [2.24, 2.45) is 0 Å². The second kappa shape index (κ2) is 8.34. The Morgan fingerprint density at radius 1 is 1.42 bits per heavy atom. The van der Waals surface area contributed by atoms with Crippen LogP contribution in [0.1, 0.15) is 19.8 Å². The number of esters is 1. The second-order valence-corrected chi connectivity index (χ2v) is 5.83. The Labute approximate surface area is 111 Å². The second-order valence-electron chi connectivity index (χ2n) is 3.60. The van der Waals surface area contributed by atoms with Gasteiger partial charge in [-0.1, -0.05) is 6.08 Å². The fourth-order valence-electron chi connectivity index (χ4n) is 1.24. The zero-order valence-electron chi connectivity index (χ0n) is 10.7. The van der Waals surface area contributed by atoms with E-state index in [1.54, 1.807) is 6.92 Å². The first-order valence-corrected chi connectivity index (χ1v) is 7.43. The molecule has 0 heterocycles. The first-order valence-electron chi connectivity index (χ1n) is 5.61. The van der Waals surface area contributed by atoms with Gasteiger partial charge in [-0.3, -0.25) is 4.79 Å². The molecule has 0 N–H and O–H groups in total. The van der Waals surface area contributed by atoms with E-state index in [9.17, 15) is 18.0 Å². The molecule has 0 aliphatic carbocycles. The fourth-order valence-corrected chi connectivity index (χ4v) is 2.35. The maximum atomic E-state index is 11.5. The van der Waals surface area contributed by atoms with E-state index >= 15 is 0 Å². The van der Waals surface area contributed by atoms with Crippen LogP contribution in [-0.4, -0.2) is 48.8 Å². The van der Waals surface area contributed by atoms with Gasteiger partial charge in [0.2, 0.25) is 0 Å². The maximum Gasteiger partial charge on any atom is 0.441 e. The summed E-state index contributed by atoms with van der Waals surface area (Å²) in [4.78, 5) is 25.3. The lowest BCUT2D eigenvalue weighted by Crippen LogP contribution is -2.27. The molecule has 0 spiro atoms. The van der Waals surface area contributed by atoms with Crippen LogP contribution in [0.2, 0.25) is 0 Å². The summed E-state index contributed by atoms with van der Waals surface area (Å²) in [5.74, 6) is -2.15. The van der Waals surface area contributed by atoms with E-state index in [0.717, 1.165) is 0 Å². The molecule has 0 fully saturated rings. The normalized spacial score (nSPS) is 10.4. The molecule has 0 atom stereocenters. The third kappa shape index (κ3) is 6.64. The molecule has 106 valence electrons. The fraction of sp³-hybridized carbons (Fsp3) is 0.545. The smallest absolute Gasteiger partial charge is 0.441 e. The van der Waals surface area contributed by atoms with Gasteiger partial charge >= 0.3 is 11.7 Å².